The van der Waals surface area contributed by atoms with E-state index in [0.717, 1.165) is 17.6 Å². The van der Waals surface area contributed by atoms with Crippen LogP contribution >= 0.6 is 0 Å². The molecule has 2 fully saturated rings. The van der Waals surface area contributed by atoms with Gasteiger partial charge in [-0.05, 0) is 38.3 Å². The summed E-state index contributed by atoms with van der Waals surface area (Å²) in [7, 11) is 1.60. The van der Waals surface area contributed by atoms with E-state index in [2.05, 4.69) is 10.6 Å². The van der Waals surface area contributed by atoms with Crippen LogP contribution in [-0.4, -0.2) is 42.9 Å². The molecular weight excluding hydrogens is 352 g/mol. The van der Waals surface area contributed by atoms with Crippen molar-refractivity contribution in [2.75, 3.05) is 13.7 Å². The Morgan fingerprint density at radius 2 is 1.54 bits per heavy atom. The van der Waals surface area contributed by atoms with E-state index in [9.17, 15) is 4.79 Å². The van der Waals surface area contributed by atoms with Crippen LogP contribution in [0.25, 0.3) is 0 Å². The number of aliphatic carboxylic acids is 1. The molecule has 3 rings (SSSR count). The smallest absolute Gasteiger partial charge is 0.323 e. The number of carboxylic acids is 1. The van der Waals surface area contributed by atoms with E-state index in [4.69, 9.17) is 9.84 Å². The molecule has 1 atom stereocenters. The summed E-state index contributed by atoms with van der Waals surface area (Å²) in [6, 6.07) is 10.8. The summed E-state index contributed by atoms with van der Waals surface area (Å²) in [4.78, 5) is 10.6. The molecule has 2 aliphatic rings. The monoisotopic (exact) mass is 390 g/mol. The lowest BCUT2D eigenvalue weighted by Crippen LogP contribution is -2.40. The Morgan fingerprint density at radius 1 is 1.00 bits per heavy atom. The predicted octanol–water partition coefficient (Wildman–Crippen LogP) is 4.12. The molecule has 0 bridgehead atoms. The topological polar surface area (TPSA) is 70.6 Å². The Labute approximate surface area is 170 Å². The van der Waals surface area contributed by atoms with E-state index in [0.29, 0.717) is 6.61 Å². The molecule has 0 amide bonds. The lowest BCUT2D eigenvalue weighted by Gasteiger charge is -2.30. The number of benzene rings is 1. The van der Waals surface area contributed by atoms with E-state index < -0.39 is 12.0 Å². The highest BCUT2D eigenvalue weighted by Gasteiger charge is 2.19. The molecule has 1 aromatic carbocycles. The lowest BCUT2D eigenvalue weighted by atomic mass is 9.91. The Kier molecular flexibility index (Phi) is 11.2. The lowest BCUT2D eigenvalue weighted by molar-refractivity contribution is -0.141. The number of carbonyl (C=O) groups is 1. The third kappa shape index (κ3) is 9.18. The van der Waals surface area contributed by atoms with E-state index in [1.54, 1.807) is 7.05 Å². The number of nitrogens with one attached hydrogen (secondary N) is 2. The number of likely N-dealkylation sites (N-methyl/N-ethyl adjacent to an activating group) is 1. The van der Waals surface area contributed by atoms with Gasteiger partial charge in [-0.2, -0.15) is 0 Å². The molecule has 2 saturated carbocycles. The van der Waals surface area contributed by atoms with Gasteiger partial charge in [0.25, 0.3) is 0 Å². The molecule has 0 spiro atoms. The highest BCUT2D eigenvalue weighted by molar-refractivity contribution is 5.73. The summed E-state index contributed by atoms with van der Waals surface area (Å²) >= 11 is 0. The Bertz CT molecular complexity index is 510. The fourth-order valence-corrected chi connectivity index (χ4v) is 4.02. The van der Waals surface area contributed by atoms with Crippen LogP contribution in [0, 0.1) is 0 Å². The molecule has 0 heterocycles. The first-order valence-corrected chi connectivity index (χ1v) is 11.0. The first-order chi connectivity index (χ1) is 13.7. The van der Waals surface area contributed by atoms with Gasteiger partial charge in [-0.3, -0.25) is 4.79 Å². The van der Waals surface area contributed by atoms with E-state index >= 15 is 0 Å². The zero-order valence-electron chi connectivity index (χ0n) is 17.4. The predicted molar refractivity (Wildman–Crippen MR) is 113 cm³/mol. The molecule has 28 heavy (non-hydrogen) atoms. The van der Waals surface area contributed by atoms with E-state index in [1.165, 1.54) is 64.2 Å². The van der Waals surface area contributed by atoms with E-state index in [-0.39, 0.29) is 6.61 Å². The van der Waals surface area contributed by atoms with Crippen molar-refractivity contribution in [3.8, 4) is 0 Å². The minimum Gasteiger partial charge on any atom is -0.480 e. The zero-order valence-corrected chi connectivity index (χ0v) is 17.4. The fourth-order valence-electron chi connectivity index (χ4n) is 4.02. The van der Waals surface area contributed by atoms with Gasteiger partial charge in [-0.15, -0.1) is 0 Å². The van der Waals surface area contributed by atoms with Crippen molar-refractivity contribution in [2.45, 2.75) is 88.9 Å². The molecule has 5 nitrogen and oxygen atoms in total. The minimum absolute atomic E-state index is 0.167. The highest BCUT2D eigenvalue weighted by Crippen LogP contribution is 2.22. The van der Waals surface area contributed by atoms with Gasteiger partial charge in [0, 0.05) is 12.1 Å². The van der Waals surface area contributed by atoms with Gasteiger partial charge in [0.1, 0.15) is 6.04 Å². The van der Waals surface area contributed by atoms with Gasteiger partial charge >= 0.3 is 5.97 Å². The van der Waals surface area contributed by atoms with Crippen LogP contribution in [-0.2, 0) is 16.1 Å². The van der Waals surface area contributed by atoms with Crippen molar-refractivity contribution >= 4 is 5.97 Å². The second-order valence-electron chi connectivity index (χ2n) is 8.02. The summed E-state index contributed by atoms with van der Waals surface area (Å²) in [5, 5.41) is 15.2. The van der Waals surface area contributed by atoms with Crippen LogP contribution < -0.4 is 10.6 Å². The van der Waals surface area contributed by atoms with Crippen LogP contribution in [0.1, 0.15) is 69.8 Å². The maximum atomic E-state index is 10.6. The van der Waals surface area contributed by atoms with Gasteiger partial charge in [0.05, 0.1) is 13.2 Å². The molecule has 0 saturated heterocycles. The third-order valence-electron chi connectivity index (χ3n) is 5.72. The number of ether oxygens (including phenoxy) is 1. The molecule has 3 N–H and O–H groups in total. The Morgan fingerprint density at radius 3 is 2.00 bits per heavy atom. The van der Waals surface area contributed by atoms with Crippen molar-refractivity contribution < 1.29 is 14.6 Å². The Balaban J connectivity index is 0.000000202. The number of hydrogen-bond acceptors (Lipinski definition) is 4. The molecule has 1 aromatic rings. The molecule has 158 valence electrons. The van der Waals surface area contributed by atoms with Crippen molar-refractivity contribution in [3.05, 3.63) is 35.9 Å². The van der Waals surface area contributed by atoms with Crippen molar-refractivity contribution in [1.82, 2.24) is 10.6 Å². The second-order valence-corrected chi connectivity index (χ2v) is 8.02. The summed E-state index contributed by atoms with van der Waals surface area (Å²) in [5.41, 5.74) is 1.04. The second kappa shape index (κ2) is 13.7. The largest absolute Gasteiger partial charge is 0.480 e. The van der Waals surface area contributed by atoms with Crippen LogP contribution in [0.5, 0.6) is 0 Å². The number of carboxylic acid groups (broad SMARTS) is 1. The Hall–Kier alpha value is -1.43. The molecule has 0 radical (unpaired) electrons. The highest BCUT2D eigenvalue weighted by atomic mass is 16.5. The molecule has 0 aromatic heterocycles. The van der Waals surface area contributed by atoms with Crippen molar-refractivity contribution in [3.63, 3.8) is 0 Å². The standard InChI is InChI=1S/C12H23N.C11H15NO3/c1-3-7-11(8-4-1)13-12-9-5-2-6-10-12;1-12-10(11(13)14)8-15-7-9-5-3-2-4-6-9/h11-13H,1-10H2;2-6,10,12H,7-8H2,1H3,(H,13,14). The van der Waals surface area contributed by atoms with Gasteiger partial charge < -0.3 is 20.5 Å². The van der Waals surface area contributed by atoms with Crippen LogP contribution in [0.2, 0.25) is 0 Å². The van der Waals surface area contributed by atoms with Crippen molar-refractivity contribution in [2.24, 2.45) is 0 Å². The number of rotatable bonds is 8. The van der Waals surface area contributed by atoms with Crippen LogP contribution in [0.15, 0.2) is 30.3 Å². The first-order valence-electron chi connectivity index (χ1n) is 11.0. The zero-order chi connectivity index (χ0) is 20.0. The minimum atomic E-state index is -0.898. The summed E-state index contributed by atoms with van der Waals surface area (Å²) < 4.78 is 5.29. The summed E-state index contributed by atoms with van der Waals surface area (Å²) in [6.07, 6.45) is 14.6. The molecule has 5 heteroatoms. The SMILES string of the molecule is C1CCC(NC2CCCCC2)CC1.CNC(COCc1ccccc1)C(=O)O. The van der Waals surface area contributed by atoms with Crippen LogP contribution in [0.3, 0.4) is 0 Å². The molecule has 2 aliphatic carbocycles. The van der Waals surface area contributed by atoms with Gasteiger partial charge in [0.2, 0.25) is 0 Å². The molecular formula is C23H38N2O3. The molecule has 1 unspecified atom stereocenters. The van der Waals surface area contributed by atoms with Crippen molar-refractivity contribution in [1.29, 1.82) is 0 Å². The van der Waals surface area contributed by atoms with Gasteiger partial charge in [0.15, 0.2) is 0 Å². The van der Waals surface area contributed by atoms with Gasteiger partial charge in [-0.1, -0.05) is 68.9 Å². The van der Waals surface area contributed by atoms with Gasteiger partial charge in [-0.25, -0.2) is 0 Å². The quantitative estimate of drug-likeness (QED) is 0.623. The maximum Gasteiger partial charge on any atom is 0.323 e. The average Bonchev–Trinajstić information content (AvgIpc) is 2.74. The third-order valence-corrected chi connectivity index (χ3v) is 5.72. The number of hydrogen-bond donors (Lipinski definition) is 3. The molecule has 0 aliphatic heterocycles. The first kappa shape index (κ1) is 22.9. The summed E-state index contributed by atoms with van der Waals surface area (Å²) in [6.45, 7) is 0.604. The average molecular weight is 391 g/mol. The van der Waals surface area contributed by atoms with Crippen LogP contribution in [0.4, 0.5) is 0 Å². The van der Waals surface area contributed by atoms with E-state index in [1.807, 2.05) is 30.3 Å². The fraction of sp³-hybridized carbons (Fsp3) is 0.696. The maximum absolute atomic E-state index is 10.6. The summed E-state index contributed by atoms with van der Waals surface area (Å²) in [5.74, 6) is -0.898. The normalized spacial score (nSPS) is 19.5.